The first-order valence-electron chi connectivity index (χ1n) is 5.14. The average Bonchev–Trinajstić information content (AvgIpc) is 2.74. The highest BCUT2D eigenvalue weighted by atomic mass is 19.4. The van der Waals surface area contributed by atoms with Crippen LogP contribution in [0.2, 0.25) is 0 Å². The quantitative estimate of drug-likeness (QED) is 0.676. The highest BCUT2D eigenvalue weighted by Gasteiger charge is 2.45. The largest absolute Gasteiger partial charge is 0.406 e. The molecule has 0 bridgehead atoms. The predicted octanol–water partition coefficient (Wildman–Crippen LogP) is 0.602. The van der Waals surface area contributed by atoms with Gasteiger partial charge < -0.3 is 9.64 Å². The van der Waals surface area contributed by atoms with Crippen molar-refractivity contribution in [2.45, 2.75) is 18.6 Å². The Hall–Kier alpha value is -1.31. The van der Waals surface area contributed by atoms with Crippen LogP contribution in [0.1, 0.15) is 6.42 Å². The van der Waals surface area contributed by atoms with E-state index in [0.29, 0.717) is 17.9 Å². The van der Waals surface area contributed by atoms with Gasteiger partial charge in [0, 0.05) is 6.61 Å². The summed E-state index contributed by atoms with van der Waals surface area (Å²) in [6.07, 6.45) is -4.00. The maximum Gasteiger partial charge on any atom is 0.406 e. The molecule has 0 aromatic carbocycles. The molecule has 2 rings (SSSR count). The Morgan fingerprint density at radius 2 is 2.06 bits per heavy atom. The molecule has 0 aromatic rings. The summed E-state index contributed by atoms with van der Waals surface area (Å²) < 4.78 is 41.5. The molecule has 0 spiro atoms. The normalized spacial score (nSPS) is 26.2. The van der Waals surface area contributed by atoms with Crippen molar-refractivity contribution in [1.29, 1.82) is 0 Å². The zero-order valence-corrected chi connectivity index (χ0v) is 8.87. The molecule has 2 aliphatic rings. The Labute approximate surface area is 95.1 Å². The van der Waals surface area contributed by atoms with Crippen molar-refractivity contribution in [3.63, 3.8) is 0 Å². The van der Waals surface area contributed by atoms with Gasteiger partial charge in [-0.3, -0.25) is 9.69 Å². The van der Waals surface area contributed by atoms with Gasteiger partial charge in [0.1, 0.15) is 13.1 Å². The van der Waals surface area contributed by atoms with Gasteiger partial charge in [-0.2, -0.15) is 13.2 Å². The SMILES string of the molecule is O=C1CN(CC(F)(F)F)C(=O)N1C1CCOC1. The summed E-state index contributed by atoms with van der Waals surface area (Å²) in [4.78, 5) is 24.6. The van der Waals surface area contributed by atoms with E-state index in [1.54, 1.807) is 0 Å². The van der Waals surface area contributed by atoms with E-state index in [4.69, 9.17) is 4.74 Å². The summed E-state index contributed by atoms with van der Waals surface area (Å²) in [5.74, 6) is -0.588. The van der Waals surface area contributed by atoms with E-state index >= 15 is 0 Å². The molecule has 0 radical (unpaired) electrons. The fourth-order valence-electron chi connectivity index (χ4n) is 1.99. The van der Waals surface area contributed by atoms with E-state index in [2.05, 4.69) is 0 Å². The van der Waals surface area contributed by atoms with Gasteiger partial charge in [0.2, 0.25) is 0 Å². The van der Waals surface area contributed by atoms with Crippen LogP contribution in [0.3, 0.4) is 0 Å². The van der Waals surface area contributed by atoms with Crippen LogP contribution in [-0.2, 0) is 9.53 Å². The minimum atomic E-state index is -4.49. The maximum absolute atomic E-state index is 12.2. The number of hydrogen-bond acceptors (Lipinski definition) is 3. The second-order valence-corrected chi connectivity index (χ2v) is 4.03. The van der Waals surface area contributed by atoms with E-state index in [9.17, 15) is 22.8 Å². The highest BCUT2D eigenvalue weighted by Crippen LogP contribution is 2.24. The maximum atomic E-state index is 12.2. The van der Waals surface area contributed by atoms with Crippen molar-refractivity contribution >= 4 is 11.9 Å². The van der Waals surface area contributed by atoms with Crippen molar-refractivity contribution in [2.75, 3.05) is 26.3 Å². The molecule has 1 unspecified atom stereocenters. The monoisotopic (exact) mass is 252 g/mol. The van der Waals surface area contributed by atoms with E-state index in [0.717, 1.165) is 4.90 Å². The molecule has 2 heterocycles. The third kappa shape index (κ3) is 2.51. The number of ether oxygens (including phenoxy) is 1. The zero-order valence-electron chi connectivity index (χ0n) is 8.87. The lowest BCUT2D eigenvalue weighted by atomic mass is 10.2. The molecule has 96 valence electrons. The third-order valence-corrected chi connectivity index (χ3v) is 2.71. The first kappa shape index (κ1) is 12.2. The van der Waals surface area contributed by atoms with Crippen molar-refractivity contribution < 1.29 is 27.5 Å². The number of halogens is 3. The number of nitrogens with zero attached hydrogens (tertiary/aromatic N) is 2. The van der Waals surface area contributed by atoms with E-state index in [1.165, 1.54) is 0 Å². The Kier molecular flexibility index (Phi) is 2.98. The molecule has 2 fully saturated rings. The summed E-state index contributed by atoms with van der Waals surface area (Å²) in [7, 11) is 0. The van der Waals surface area contributed by atoms with Crippen LogP contribution < -0.4 is 0 Å². The van der Waals surface area contributed by atoms with Crippen LogP contribution in [0.25, 0.3) is 0 Å². The van der Waals surface area contributed by atoms with Crippen molar-refractivity contribution in [1.82, 2.24) is 9.80 Å². The number of rotatable bonds is 2. The van der Waals surface area contributed by atoms with Crippen LogP contribution in [-0.4, -0.2) is 60.3 Å². The summed E-state index contributed by atoms with van der Waals surface area (Å²) in [6, 6.07) is -1.30. The molecule has 0 N–H and O–H groups in total. The van der Waals surface area contributed by atoms with Gasteiger partial charge in [0.05, 0.1) is 12.6 Å². The summed E-state index contributed by atoms with van der Waals surface area (Å²) in [5.41, 5.74) is 0. The number of carbonyl (C=O) groups excluding carboxylic acids is 2. The number of imide groups is 1. The average molecular weight is 252 g/mol. The molecule has 0 saturated carbocycles. The second-order valence-electron chi connectivity index (χ2n) is 4.03. The van der Waals surface area contributed by atoms with Crippen molar-refractivity contribution in [3.05, 3.63) is 0 Å². The summed E-state index contributed by atoms with van der Waals surface area (Å²) >= 11 is 0. The predicted molar refractivity (Wildman–Crippen MR) is 49.1 cm³/mol. The van der Waals surface area contributed by atoms with Crippen LogP contribution in [0, 0.1) is 0 Å². The van der Waals surface area contributed by atoms with Crippen molar-refractivity contribution in [2.24, 2.45) is 0 Å². The number of hydrogen-bond donors (Lipinski definition) is 0. The zero-order chi connectivity index (χ0) is 12.6. The van der Waals surface area contributed by atoms with Gasteiger partial charge in [-0.1, -0.05) is 0 Å². The van der Waals surface area contributed by atoms with Crippen LogP contribution in [0.4, 0.5) is 18.0 Å². The minimum Gasteiger partial charge on any atom is -0.379 e. The highest BCUT2D eigenvalue weighted by molar-refractivity contribution is 6.02. The molecule has 2 saturated heterocycles. The van der Waals surface area contributed by atoms with Gasteiger partial charge in [0.25, 0.3) is 5.91 Å². The number of amides is 3. The van der Waals surface area contributed by atoms with Gasteiger partial charge in [-0.05, 0) is 6.42 Å². The molecule has 0 aromatic heterocycles. The molecular formula is C9H11F3N2O3. The molecule has 3 amide bonds. The first-order chi connectivity index (χ1) is 7.88. The van der Waals surface area contributed by atoms with Gasteiger partial charge in [0.15, 0.2) is 0 Å². The smallest absolute Gasteiger partial charge is 0.379 e. The van der Waals surface area contributed by atoms with Gasteiger partial charge in [-0.25, -0.2) is 4.79 Å². The lowest BCUT2D eigenvalue weighted by Crippen LogP contribution is -2.43. The molecule has 17 heavy (non-hydrogen) atoms. The Morgan fingerprint density at radius 1 is 1.35 bits per heavy atom. The molecule has 0 aliphatic carbocycles. The molecule has 5 nitrogen and oxygen atoms in total. The Balaban J connectivity index is 2.05. The summed E-state index contributed by atoms with van der Waals surface area (Å²) in [6.45, 7) is -1.27. The van der Waals surface area contributed by atoms with Gasteiger partial charge in [-0.15, -0.1) is 0 Å². The van der Waals surface area contributed by atoms with Crippen LogP contribution in [0.15, 0.2) is 0 Å². The first-order valence-corrected chi connectivity index (χ1v) is 5.14. The van der Waals surface area contributed by atoms with E-state index in [1.807, 2.05) is 0 Å². The fraction of sp³-hybridized carbons (Fsp3) is 0.778. The topological polar surface area (TPSA) is 49.9 Å². The van der Waals surface area contributed by atoms with Crippen LogP contribution in [0.5, 0.6) is 0 Å². The minimum absolute atomic E-state index is 0.206. The molecule has 2 aliphatic heterocycles. The lowest BCUT2D eigenvalue weighted by molar-refractivity contribution is -0.139. The number of alkyl halides is 3. The molecule has 8 heteroatoms. The number of urea groups is 1. The van der Waals surface area contributed by atoms with Crippen LogP contribution >= 0.6 is 0 Å². The van der Waals surface area contributed by atoms with Crippen molar-refractivity contribution in [3.8, 4) is 0 Å². The second kappa shape index (κ2) is 4.17. The van der Waals surface area contributed by atoms with E-state index in [-0.39, 0.29) is 6.61 Å². The Bertz CT molecular complexity index is 339. The van der Waals surface area contributed by atoms with E-state index < -0.39 is 37.2 Å². The summed E-state index contributed by atoms with van der Waals surface area (Å²) in [5, 5.41) is 0. The Morgan fingerprint density at radius 3 is 2.59 bits per heavy atom. The number of carbonyl (C=O) groups is 2. The lowest BCUT2D eigenvalue weighted by Gasteiger charge is -2.21. The fourth-order valence-corrected chi connectivity index (χ4v) is 1.99. The van der Waals surface area contributed by atoms with Gasteiger partial charge >= 0.3 is 12.2 Å². The standard InChI is InChI=1S/C9H11F3N2O3/c10-9(11,12)5-13-3-7(15)14(8(13)16)6-1-2-17-4-6/h6H,1-5H2. The molecular weight excluding hydrogens is 241 g/mol. The molecule has 1 atom stereocenters. The third-order valence-electron chi connectivity index (χ3n) is 2.71.